The Labute approximate surface area is 157 Å². The van der Waals surface area contributed by atoms with Gasteiger partial charge in [-0.05, 0) is 41.0 Å². The smallest absolute Gasteiger partial charge is 0.234 e. The van der Waals surface area contributed by atoms with Crippen molar-refractivity contribution in [1.29, 1.82) is 5.26 Å². The molecule has 0 aliphatic heterocycles. The molecule has 0 atom stereocenters. The molecular weight excluding hydrogens is 340 g/mol. The third-order valence-corrected chi connectivity index (χ3v) is 4.84. The summed E-state index contributed by atoms with van der Waals surface area (Å²) in [6, 6.07) is 27.6. The molecule has 26 heavy (non-hydrogen) atoms. The molecule has 0 radical (unpaired) electrons. The van der Waals surface area contributed by atoms with Crippen molar-refractivity contribution in [2.45, 2.75) is 5.75 Å². The molecule has 0 bridgehead atoms. The van der Waals surface area contributed by atoms with E-state index < -0.39 is 0 Å². The van der Waals surface area contributed by atoms with Crippen molar-refractivity contribution in [1.82, 2.24) is 0 Å². The van der Waals surface area contributed by atoms with Crippen LogP contribution in [0.4, 0.5) is 5.69 Å². The molecule has 3 rings (SSSR count). The van der Waals surface area contributed by atoms with Gasteiger partial charge in [0.25, 0.3) is 0 Å². The highest BCUT2D eigenvalue weighted by Crippen LogP contribution is 2.21. The number of hydrogen-bond acceptors (Lipinski definition) is 3. The lowest BCUT2D eigenvalue weighted by Gasteiger charge is -2.07. The van der Waals surface area contributed by atoms with Crippen LogP contribution in [0.15, 0.2) is 78.9 Å². The first-order valence-electron chi connectivity index (χ1n) is 8.27. The molecule has 1 N–H and O–H groups in total. The average Bonchev–Trinajstić information content (AvgIpc) is 2.69. The zero-order valence-electron chi connectivity index (χ0n) is 14.2. The van der Waals surface area contributed by atoms with Crippen molar-refractivity contribution in [3.8, 4) is 17.2 Å². The van der Waals surface area contributed by atoms with E-state index in [4.69, 9.17) is 5.26 Å². The minimum Gasteiger partial charge on any atom is -0.325 e. The molecule has 0 saturated carbocycles. The summed E-state index contributed by atoms with van der Waals surface area (Å²) < 4.78 is 0. The average molecular weight is 358 g/mol. The Morgan fingerprint density at radius 3 is 2.38 bits per heavy atom. The van der Waals surface area contributed by atoms with Crippen LogP contribution in [0, 0.1) is 11.3 Å². The van der Waals surface area contributed by atoms with E-state index in [2.05, 4.69) is 23.5 Å². The highest BCUT2D eigenvalue weighted by atomic mass is 32.2. The predicted molar refractivity (Wildman–Crippen MR) is 108 cm³/mol. The number of rotatable bonds is 6. The monoisotopic (exact) mass is 358 g/mol. The first kappa shape index (κ1) is 17.8. The number of benzene rings is 3. The molecular formula is C22H18N2OS. The van der Waals surface area contributed by atoms with Crippen molar-refractivity contribution in [3.05, 3.63) is 90.0 Å². The lowest BCUT2D eigenvalue weighted by Crippen LogP contribution is -2.14. The van der Waals surface area contributed by atoms with E-state index >= 15 is 0 Å². The Balaban J connectivity index is 1.49. The second-order valence-corrected chi connectivity index (χ2v) is 6.78. The number of hydrogen-bond donors (Lipinski definition) is 1. The van der Waals surface area contributed by atoms with Gasteiger partial charge in [-0.25, -0.2) is 0 Å². The van der Waals surface area contributed by atoms with Gasteiger partial charge in [-0.2, -0.15) is 5.26 Å². The van der Waals surface area contributed by atoms with Gasteiger partial charge in [0.15, 0.2) is 0 Å². The maximum atomic E-state index is 12.1. The van der Waals surface area contributed by atoms with Crippen LogP contribution in [0.2, 0.25) is 0 Å². The van der Waals surface area contributed by atoms with E-state index in [-0.39, 0.29) is 5.91 Å². The Bertz CT molecular complexity index is 915. The minimum absolute atomic E-state index is 0.0288. The van der Waals surface area contributed by atoms with E-state index in [0.717, 1.165) is 22.4 Å². The van der Waals surface area contributed by atoms with Crippen molar-refractivity contribution >= 4 is 23.4 Å². The molecule has 0 aliphatic carbocycles. The Morgan fingerprint density at radius 2 is 1.65 bits per heavy atom. The Hall–Kier alpha value is -3.03. The summed E-state index contributed by atoms with van der Waals surface area (Å²) in [6.07, 6.45) is 0. The van der Waals surface area contributed by atoms with Gasteiger partial charge in [-0.15, -0.1) is 11.8 Å². The van der Waals surface area contributed by atoms with Crippen LogP contribution in [-0.2, 0) is 10.5 Å². The third-order valence-electron chi connectivity index (χ3n) is 3.83. The lowest BCUT2D eigenvalue weighted by atomic mass is 10.1. The summed E-state index contributed by atoms with van der Waals surface area (Å²) in [5.41, 5.74) is 4.76. The fraction of sp³-hybridized carbons (Fsp3) is 0.0909. The summed E-state index contributed by atoms with van der Waals surface area (Å²) in [5, 5.41) is 11.8. The van der Waals surface area contributed by atoms with Gasteiger partial charge >= 0.3 is 0 Å². The topological polar surface area (TPSA) is 52.9 Å². The molecule has 0 spiro atoms. The van der Waals surface area contributed by atoms with Crippen molar-refractivity contribution < 1.29 is 4.79 Å². The van der Waals surface area contributed by atoms with Crippen LogP contribution in [-0.4, -0.2) is 11.7 Å². The van der Waals surface area contributed by atoms with Crippen LogP contribution in [0.1, 0.15) is 11.1 Å². The SMILES string of the molecule is N#Cc1cccc(CSCC(=O)Nc2ccc(-c3ccccc3)cc2)c1. The van der Waals surface area contributed by atoms with E-state index in [1.54, 1.807) is 6.07 Å². The zero-order chi connectivity index (χ0) is 18.2. The minimum atomic E-state index is -0.0288. The summed E-state index contributed by atoms with van der Waals surface area (Å²) in [6.45, 7) is 0. The molecule has 0 aromatic heterocycles. The van der Waals surface area contributed by atoms with Gasteiger partial charge in [-0.3, -0.25) is 4.79 Å². The Morgan fingerprint density at radius 1 is 0.923 bits per heavy atom. The fourth-order valence-electron chi connectivity index (χ4n) is 2.57. The Kier molecular flexibility index (Phi) is 6.08. The summed E-state index contributed by atoms with van der Waals surface area (Å²) in [4.78, 5) is 12.1. The first-order valence-corrected chi connectivity index (χ1v) is 9.42. The fourth-order valence-corrected chi connectivity index (χ4v) is 3.34. The van der Waals surface area contributed by atoms with E-state index in [9.17, 15) is 4.79 Å². The number of nitrogens with one attached hydrogen (secondary N) is 1. The molecule has 0 heterocycles. The number of carbonyl (C=O) groups is 1. The van der Waals surface area contributed by atoms with Gasteiger partial charge < -0.3 is 5.32 Å². The molecule has 128 valence electrons. The quantitative estimate of drug-likeness (QED) is 0.667. The maximum absolute atomic E-state index is 12.1. The maximum Gasteiger partial charge on any atom is 0.234 e. The number of anilines is 1. The van der Waals surface area contributed by atoms with Crippen LogP contribution in [0.5, 0.6) is 0 Å². The van der Waals surface area contributed by atoms with Gasteiger partial charge in [0.2, 0.25) is 5.91 Å². The van der Waals surface area contributed by atoms with Gasteiger partial charge in [-0.1, -0.05) is 54.6 Å². The number of nitrogens with zero attached hydrogens (tertiary/aromatic N) is 1. The van der Waals surface area contributed by atoms with Gasteiger partial charge in [0.05, 0.1) is 17.4 Å². The molecule has 0 aliphatic rings. The number of amides is 1. The second kappa shape index (κ2) is 8.89. The molecule has 3 nitrogen and oxygen atoms in total. The lowest BCUT2D eigenvalue weighted by molar-refractivity contribution is -0.113. The van der Waals surface area contributed by atoms with Crippen LogP contribution in [0.25, 0.3) is 11.1 Å². The predicted octanol–water partition coefficient (Wildman–Crippen LogP) is 5.10. The van der Waals surface area contributed by atoms with Crippen LogP contribution >= 0.6 is 11.8 Å². The standard InChI is InChI=1S/C22H18N2OS/c23-14-17-5-4-6-18(13-17)15-26-16-22(25)24-21-11-9-20(10-12-21)19-7-2-1-3-8-19/h1-13H,15-16H2,(H,24,25). The van der Waals surface area contributed by atoms with Crippen molar-refractivity contribution in [2.24, 2.45) is 0 Å². The number of nitriles is 1. The second-order valence-electron chi connectivity index (χ2n) is 5.80. The molecule has 0 unspecified atom stereocenters. The molecule has 0 saturated heterocycles. The molecule has 1 amide bonds. The highest BCUT2D eigenvalue weighted by molar-refractivity contribution is 7.99. The molecule has 3 aromatic carbocycles. The van der Waals surface area contributed by atoms with Crippen LogP contribution in [0.3, 0.4) is 0 Å². The normalized spacial score (nSPS) is 10.1. The van der Waals surface area contributed by atoms with Gasteiger partial charge in [0, 0.05) is 11.4 Å². The van der Waals surface area contributed by atoms with Gasteiger partial charge in [0.1, 0.15) is 0 Å². The molecule has 3 aromatic rings. The number of thioether (sulfide) groups is 1. The molecule has 0 fully saturated rings. The summed E-state index contributed by atoms with van der Waals surface area (Å²) >= 11 is 1.53. The third kappa shape index (κ3) is 4.98. The van der Waals surface area contributed by atoms with Crippen molar-refractivity contribution in [3.63, 3.8) is 0 Å². The van der Waals surface area contributed by atoms with E-state index in [1.165, 1.54) is 11.8 Å². The summed E-state index contributed by atoms with van der Waals surface area (Å²) in [7, 11) is 0. The summed E-state index contributed by atoms with van der Waals surface area (Å²) in [5.74, 6) is 1.05. The van der Waals surface area contributed by atoms with E-state index in [0.29, 0.717) is 17.1 Å². The first-order chi connectivity index (χ1) is 12.7. The van der Waals surface area contributed by atoms with Crippen molar-refractivity contribution in [2.75, 3.05) is 11.1 Å². The zero-order valence-corrected chi connectivity index (χ0v) is 15.0. The van der Waals surface area contributed by atoms with E-state index in [1.807, 2.05) is 60.7 Å². The largest absolute Gasteiger partial charge is 0.325 e. The number of carbonyl (C=O) groups excluding carboxylic acids is 1. The van der Waals surface area contributed by atoms with Crippen LogP contribution < -0.4 is 5.32 Å². The highest BCUT2D eigenvalue weighted by Gasteiger charge is 2.04. The molecule has 4 heteroatoms.